The highest BCUT2D eigenvalue weighted by molar-refractivity contribution is 5.78. The van der Waals surface area contributed by atoms with Gasteiger partial charge in [0.25, 0.3) is 0 Å². The zero-order chi connectivity index (χ0) is 24.7. The van der Waals surface area contributed by atoms with E-state index in [0.29, 0.717) is 47.2 Å². The highest BCUT2D eigenvalue weighted by Gasteiger charge is 2.31. The van der Waals surface area contributed by atoms with E-state index in [2.05, 4.69) is 28.8 Å². The highest BCUT2D eigenvalue weighted by Crippen LogP contribution is 2.43. The van der Waals surface area contributed by atoms with E-state index in [1.54, 1.807) is 30.3 Å². The Morgan fingerprint density at radius 1 is 1.03 bits per heavy atom. The first kappa shape index (κ1) is 23.0. The SMILES string of the molecule is COc1cc(OC)c2c(c1F)N(c1ccc3ncc(-c4cnn(C)c4)nc3n1)CCN(C(C)C)C2. The van der Waals surface area contributed by atoms with Gasteiger partial charge in [-0.2, -0.15) is 5.10 Å². The molecule has 0 atom stereocenters. The predicted molar refractivity (Wildman–Crippen MR) is 132 cm³/mol. The molecule has 0 saturated heterocycles. The predicted octanol–water partition coefficient (Wildman–Crippen LogP) is 3.94. The van der Waals surface area contributed by atoms with Crippen LogP contribution in [0.5, 0.6) is 11.5 Å². The topological polar surface area (TPSA) is 81.4 Å². The average molecular weight is 478 g/mol. The number of benzene rings is 1. The zero-order valence-corrected chi connectivity index (χ0v) is 20.5. The van der Waals surface area contributed by atoms with E-state index in [1.807, 2.05) is 30.3 Å². The molecule has 0 saturated carbocycles. The molecule has 0 fully saturated rings. The lowest BCUT2D eigenvalue weighted by Crippen LogP contribution is -2.34. The number of halogens is 1. The van der Waals surface area contributed by atoms with E-state index < -0.39 is 5.82 Å². The van der Waals surface area contributed by atoms with Gasteiger partial charge in [0.1, 0.15) is 17.1 Å². The van der Waals surface area contributed by atoms with Crippen LogP contribution in [0.25, 0.3) is 22.4 Å². The molecule has 4 heterocycles. The van der Waals surface area contributed by atoms with Crippen molar-refractivity contribution >= 4 is 22.7 Å². The smallest absolute Gasteiger partial charge is 0.189 e. The van der Waals surface area contributed by atoms with Gasteiger partial charge in [-0.25, -0.2) is 14.4 Å². The van der Waals surface area contributed by atoms with Gasteiger partial charge in [0.05, 0.1) is 38.0 Å². The standard InChI is InChI=1S/C25H28FN7O2/c1-15(2)32-8-9-33(24-17(14-32)20(34-4)10-21(35-5)23(24)26)22-7-6-18-25(30-22)29-19(12-27-18)16-11-28-31(3)13-16/h6-7,10-13,15H,8-9,14H2,1-5H3. The molecule has 4 aromatic rings. The van der Waals surface area contributed by atoms with Gasteiger partial charge in [0.15, 0.2) is 17.2 Å². The number of fused-ring (bicyclic) bond motifs is 2. The summed E-state index contributed by atoms with van der Waals surface area (Å²) < 4.78 is 28.5. The van der Waals surface area contributed by atoms with Crippen molar-refractivity contribution in [1.29, 1.82) is 0 Å². The van der Waals surface area contributed by atoms with Crippen LogP contribution in [0.3, 0.4) is 0 Å². The molecule has 0 N–H and O–H groups in total. The first-order valence-corrected chi connectivity index (χ1v) is 11.5. The molecule has 0 radical (unpaired) electrons. The Labute approximate surface area is 203 Å². The molecule has 9 nitrogen and oxygen atoms in total. The quantitative estimate of drug-likeness (QED) is 0.428. The normalized spacial score (nSPS) is 14.3. The summed E-state index contributed by atoms with van der Waals surface area (Å²) in [7, 11) is 4.89. The Morgan fingerprint density at radius 2 is 1.83 bits per heavy atom. The summed E-state index contributed by atoms with van der Waals surface area (Å²) in [6.07, 6.45) is 5.32. The van der Waals surface area contributed by atoms with Gasteiger partial charge < -0.3 is 14.4 Å². The minimum Gasteiger partial charge on any atom is -0.496 e. The molecule has 1 aromatic carbocycles. The summed E-state index contributed by atoms with van der Waals surface area (Å²) >= 11 is 0. The maximum absolute atomic E-state index is 15.8. The summed E-state index contributed by atoms with van der Waals surface area (Å²) in [5.41, 5.74) is 3.82. The van der Waals surface area contributed by atoms with Crippen LogP contribution in [0.1, 0.15) is 19.4 Å². The lowest BCUT2D eigenvalue weighted by Gasteiger charge is -2.26. The van der Waals surface area contributed by atoms with Crippen molar-refractivity contribution in [2.24, 2.45) is 7.05 Å². The second-order valence-corrected chi connectivity index (χ2v) is 8.81. The second-order valence-electron chi connectivity index (χ2n) is 8.81. The van der Waals surface area contributed by atoms with Gasteiger partial charge >= 0.3 is 0 Å². The van der Waals surface area contributed by atoms with E-state index in [4.69, 9.17) is 19.4 Å². The van der Waals surface area contributed by atoms with E-state index in [-0.39, 0.29) is 11.8 Å². The maximum Gasteiger partial charge on any atom is 0.189 e. The van der Waals surface area contributed by atoms with E-state index in [9.17, 15) is 0 Å². The van der Waals surface area contributed by atoms with Crippen molar-refractivity contribution in [3.8, 4) is 22.8 Å². The van der Waals surface area contributed by atoms with Crippen LogP contribution in [0.15, 0.2) is 36.8 Å². The van der Waals surface area contributed by atoms with Crippen LogP contribution in [-0.2, 0) is 13.6 Å². The number of anilines is 2. The molecule has 5 rings (SSSR count). The number of aryl methyl sites for hydroxylation is 1. The van der Waals surface area contributed by atoms with Crippen LogP contribution < -0.4 is 14.4 Å². The van der Waals surface area contributed by atoms with Crippen molar-refractivity contribution in [3.05, 3.63) is 48.2 Å². The van der Waals surface area contributed by atoms with Crippen LogP contribution in [0.4, 0.5) is 15.9 Å². The minimum atomic E-state index is -0.439. The zero-order valence-electron chi connectivity index (χ0n) is 20.5. The molecular formula is C25H28FN7O2. The molecule has 3 aromatic heterocycles. The lowest BCUT2D eigenvalue weighted by atomic mass is 10.1. The molecule has 0 aliphatic carbocycles. The van der Waals surface area contributed by atoms with Gasteiger partial charge in [0.2, 0.25) is 0 Å². The fourth-order valence-corrected chi connectivity index (χ4v) is 4.42. The Bertz CT molecular complexity index is 1390. The average Bonchev–Trinajstić information content (AvgIpc) is 3.19. The van der Waals surface area contributed by atoms with Crippen molar-refractivity contribution in [1.82, 2.24) is 29.6 Å². The summed E-state index contributed by atoms with van der Waals surface area (Å²) in [5.74, 6) is 0.848. The summed E-state index contributed by atoms with van der Waals surface area (Å²) in [4.78, 5) is 18.2. The largest absolute Gasteiger partial charge is 0.496 e. The molecule has 0 bridgehead atoms. The van der Waals surface area contributed by atoms with Crippen LogP contribution >= 0.6 is 0 Å². The summed E-state index contributed by atoms with van der Waals surface area (Å²) in [5, 5.41) is 4.21. The molecule has 1 aliphatic heterocycles. The fourth-order valence-electron chi connectivity index (χ4n) is 4.42. The third-order valence-electron chi connectivity index (χ3n) is 6.35. The number of hydrogen-bond donors (Lipinski definition) is 0. The molecule has 182 valence electrons. The Morgan fingerprint density at radius 3 is 2.51 bits per heavy atom. The molecule has 0 spiro atoms. The third kappa shape index (κ3) is 4.14. The van der Waals surface area contributed by atoms with Crippen molar-refractivity contribution in [3.63, 3.8) is 0 Å². The summed E-state index contributed by atoms with van der Waals surface area (Å²) in [6, 6.07) is 5.59. The number of hydrogen-bond acceptors (Lipinski definition) is 8. The van der Waals surface area contributed by atoms with E-state index in [1.165, 1.54) is 7.11 Å². The molecule has 1 aliphatic rings. The monoisotopic (exact) mass is 477 g/mol. The maximum atomic E-state index is 15.8. The third-order valence-corrected chi connectivity index (χ3v) is 6.35. The summed E-state index contributed by atoms with van der Waals surface area (Å²) in [6.45, 7) is 6.06. The molecule has 10 heteroatoms. The van der Waals surface area contributed by atoms with Crippen LogP contribution in [0, 0.1) is 5.82 Å². The van der Waals surface area contributed by atoms with Crippen LogP contribution in [0.2, 0.25) is 0 Å². The van der Waals surface area contributed by atoms with Gasteiger partial charge in [-0.3, -0.25) is 14.6 Å². The number of methoxy groups -OCH3 is 2. The van der Waals surface area contributed by atoms with Gasteiger partial charge in [0, 0.05) is 56.1 Å². The number of rotatable bonds is 5. The second kappa shape index (κ2) is 9.10. The number of nitrogens with zero attached hydrogens (tertiary/aromatic N) is 7. The molecular weight excluding hydrogens is 449 g/mol. The number of aromatic nitrogens is 5. The first-order valence-electron chi connectivity index (χ1n) is 11.5. The molecule has 0 unspecified atom stereocenters. The van der Waals surface area contributed by atoms with E-state index >= 15 is 4.39 Å². The van der Waals surface area contributed by atoms with Gasteiger partial charge in [-0.1, -0.05) is 0 Å². The number of ether oxygens (including phenoxy) is 2. The Kier molecular flexibility index (Phi) is 5.98. The highest BCUT2D eigenvalue weighted by atomic mass is 19.1. The lowest BCUT2D eigenvalue weighted by molar-refractivity contribution is 0.221. The van der Waals surface area contributed by atoms with E-state index in [0.717, 1.165) is 17.7 Å². The van der Waals surface area contributed by atoms with Gasteiger partial charge in [-0.15, -0.1) is 0 Å². The number of pyridine rings is 1. The van der Waals surface area contributed by atoms with Crippen molar-refractivity contribution < 1.29 is 13.9 Å². The first-order chi connectivity index (χ1) is 16.9. The van der Waals surface area contributed by atoms with Crippen molar-refractivity contribution in [2.75, 3.05) is 32.2 Å². The molecule has 0 amide bonds. The minimum absolute atomic E-state index is 0.128. The fraction of sp³-hybridized carbons (Fsp3) is 0.360. The Hall–Kier alpha value is -3.79. The molecule has 35 heavy (non-hydrogen) atoms. The van der Waals surface area contributed by atoms with Crippen LogP contribution in [-0.4, -0.2) is 63.0 Å². The van der Waals surface area contributed by atoms with Crippen molar-refractivity contribution in [2.45, 2.75) is 26.4 Å². The van der Waals surface area contributed by atoms with Gasteiger partial charge in [-0.05, 0) is 26.0 Å². The Balaban J connectivity index is 1.66.